The van der Waals surface area contributed by atoms with Crippen molar-refractivity contribution in [1.29, 1.82) is 0 Å². The molecule has 0 aliphatic carbocycles. The third kappa shape index (κ3) is 6.06. The first-order valence-electron chi connectivity index (χ1n) is 6.74. The molecule has 0 aromatic carbocycles. The summed E-state index contributed by atoms with van der Waals surface area (Å²) in [5.41, 5.74) is 0.213. The summed E-state index contributed by atoms with van der Waals surface area (Å²) < 4.78 is 0. The van der Waals surface area contributed by atoms with E-state index < -0.39 is 0 Å². The molecule has 0 saturated carbocycles. The van der Waals surface area contributed by atoms with Crippen molar-refractivity contribution in [3.05, 3.63) is 0 Å². The number of hydrogen-bond acceptors (Lipinski definition) is 2. The molecule has 0 saturated heterocycles. The zero-order valence-electron chi connectivity index (χ0n) is 12.6. The van der Waals surface area contributed by atoms with Crippen molar-refractivity contribution in [2.75, 3.05) is 6.54 Å². The topological polar surface area (TPSA) is 41.1 Å². The van der Waals surface area contributed by atoms with Gasteiger partial charge in [0, 0.05) is 12.6 Å². The second-order valence-electron chi connectivity index (χ2n) is 6.06. The molecule has 0 aromatic heterocycles. The summed E-state index contributed by atoms with van der Waals surface area (Å²) in [6.45, 7) is 15.8. The van der Waals surface area contributed by atoms with Crippen LogP contribution in [0.15, 0.2) is 0 Å². The summed E-state index contributed by atoms with van der Waals surface area (Å²) in [6, 6.07) is 0.131. The molecule has 2 unspecified atom stereocenters. The highest BCUT2D eigenvalue weighted by atomic mass is 16.2. The van der Waals surface area contributed by atoms with Crippen LogP contribution in [0.4, 0.5) is 0 Å². The fraction of sp³-hybridized carbons (Fsp3) is 0.929. The number of carbonyl (C=O) groups excluding carboxylic acids is 1. The molecule has 2 atom stereocenters. The highest BCUT2D eigenvalue weighted by Gasteiger charge is 2.24. The van der Waals surface area contributed by atoms with E-state index in [0.717, 1.165) is 13.0 Å². The summed E-state index contributed by atoms with van der Waals surface area (Å²) in [4.78, 5) is 11.8. The molecule has 17 heavy (non-hydrogen) atoms. The maximum absolute atomic E-state index is 11.8. The Morgan fingerprint density at radius 3 is 2.12 bits per heavy atom. The fourth-order valence-electron chi connectivity index (χ4n) is 1.18. The van der Waals surface area contributed by atoms with Gasteiger partial charge >= 0.3 is 0 Å². The Kier molecular flexibility index (Phi) is 6.76. The molecular formula is C14H30N2O. The Morgan fingerprint density at radius 2 is 1.71 bits per heavy atom. The van der Waals surface area contributed by atoms with Gasteiger partial charge in [-0.05, 0) is 31.6 Å². The van der Waals surface area contributed by atoms with Crippen molar-refractivity contribution in [2.24, 2.45) is 11.3 Å². The molecule has 0 bridgehead atoms. The van der Waals surface area contributed by atoms with Crippen LogP contribution in [0.1, 0.15) is 54.9 Å². The predicted octanol–water partition coefficient (Wildman–Crippen LogP) is 2.56. The van der Waals surface area contributed by atoms with Gasteiger partial charge < -0.3 is 10.6 Å². The second kappa shape index (κ2) is 7.00. The Labute approximate surface area is 107 Å². The SMILES string of the molecule is CCC(C)NC(=O)C(C)NCC(C)(C)C(C)C. The van der Waals surface area contributed by atoms with E-state index in [1.54, 1.807) is 0 Å². The van der Waals surface area contributed by atoms with Crippen LogP contribution in [0.3, 0.4) is 0 Å². The van der Waals surface area contributed by atoms with Gasteiger partial charge in [-0.2, -0.15) is 0 Å². The largest absolute Gasteiger partial charge is 0.352 e. The third-order valence-corrected chi connectivity index (χ3v) is 3.82. The van der Waals surface area contributed by atoms with Gasteiger partial charge in [0.1, 0.15) is 0 Å². The molecule has 0 aromatic rings. The van der Waals surface area contributed by atoms with E-state index in [9.17, 15) is 4.79 Å². The van der Waals surface area contributed by atoms with Gasteiger partial charge in [0.2, 0.25) is 5.91 Å². The zero-order valence-corrected chi connectivity index (χ0v) is 12.6. The van der Waals surface area contributed by atoms with Crippen LogP contribution in [0.5, 0.6) is 0 Å². The van der Waals surface area contributed by atoms with Crippen LogP contribution in [-0.2, 0) is 4.79 Å². The molecule has 3 nitrogen and oxygen atoms in total. The first kappa shape index (κ1) is 16.4. The highest BCUT2D eigenvalue weighted by Crippen LogP contribution is 2.24. The summed E-state index contributed by atoms with van der Waals surface area (Å²) >= 11 is 0. The molecule has 0 aliphatic rings. The second-order valence-corrected chi connectivity index (χ2v) is 6.06. The lowest BCUT2D eigenvalue weighted by atomic mass is 9.81. The van der Waals surface area contributed by atoms with Gasteiger partial charge in [-0.25, -0.2) is 0 Å². The molecule has 0 aliphatic heterocycles. The quantitative estimate of drug-likeness (QED) is 0.720. The Bertz CT molecular complexity index is 236. The minimum atomic E-state index is -0.123. The fourth-order valence-corrected chi connectivity index (χ4v) is 1.18. The van der Waals surface area contributed by atoms with Crippen molar-refractivity contribution in [2.45, 2.75) is 67.0 Å². The van der Waals surface area contributed by atoms with E-state index in [0.29, 0.717) is 5.92 Å². The molecule has 0 rings (SSSR count). The summed E-state index contributed by atoms with van der Waals surface area (Å²) in [6.07, 6.45) is 0.968. The molecule has 0 radical (unpaired) electrons. The van der Waals surface area contributed by atoms with Gasteiger partial charge in [-0.1, -0.05) is 34.6 Å². The number of rotatable bonds is 7. The van der Waals surface area contributed by atoms with Gasteiger partial charge in [0.05, 0.1) is 6.04 Å². The average Bonchev–Trinajstić information content (AvgIpc) is 2.25. The smallest absolute Gasteiger partial charge is 0.237 e. The molecule has 0 heterocycles. The van der Waals surface area contributed by atoms with Crippen LogP contribution < -0.4 is 10.6 Å². The lowest BCUT2D eigenvalue weighted by Crippen LogP contribution is -2.48. The van der Waals surface area contributed by atoms with Crippen molar-refractivity contribution in [3.63, 3.8) is 0 Å². The van der Waals surface area contributed by atoms with Crippen LogP contribution in [0, 0.1) is 11.3 Å². The van der Waals surface area contributed by atoms with Gasteiger partial charge in [-0.3, -0.25) is 4.79 Å². The molecule has 102 valence electrons. The van der Waals surface area contributed by atoms with E-state index in [2.05, 4.69) is 45.3 Å². The normalized spacial score (nSPS) is 15.8. The standard InChI is InChI=1S/C14H30N2O/c1-8-11(4)16-13(17)12(5)15-9-14(6,7)10(2)3/h10-12,15H,8-9H2,1-7H3,(H,16,17). The van der Waals surface area contributed by atoms with E-state index >= 15 is 0 Å². The molecule has 2 N–H and O–H groups in total. The van der Waals surface area contributed by atoms with Crippen LogP contribution >= 0.6 is 0 Å². The van der Waals surface area contributed by atoms with Crippen molar-refractivity contribution in [1.82, 2.24) is 10.6 Å². The van der Waals surface area contributed by atoms with E-state index in [1.165, 1.54) is 0 Å². The van der Waals surface area contributed by atoms with Gasteiger partial charge in [0.15, 0.2) is 0 Å². The van der Waals surface area contributed by atoms with Gasteiger partial charge in [-0.15, -0.1) is 0 Å². The first-order valence-corrected chi connectivity index (χ1v) is 6.74. The summed E-state index contributed by atoms with van der Waals surface area (Å²) in [7, 11) is 0. The minimum Gasteiger partial charge on any atom is -0.352 e. The maximum atomic E-state index is 11.8. The van der Waals surface area contributed by atoms with E-state index in [1.807, 2.05) is 13.8 Å². The number of nitrogens with one attached hydrogen (secondary N) is 2. The Morgan fingerprint density at radius 1 is 1.18 bits per heavy atom. The number of carbonyl (C=O) groups is 1. The lowest BCUT2D eigenvalue weighted by Gasteiger charge is -2.31. The van der Waals surface area contributed by atoms with Crippen LogP contribution in [0.2, 0.25) is 0 Å². The summed E-state index contributed by atoms with van der Waals surface area (Å²) in [5.74, 6) is 0.693. The number of hydrogen-bond donors (Lipinski definition) is 2. The van der Waals surface area contributed by atoms with Crippen LogP contribution in [0.25, 0.3) is 0 Å². The molecule has 3 heteroatoms. The number of amides is 1. The third-order valence-electron chi connectivity index (χ3n) is 3.82. The van der Waals surface area contributed by atoms with Crippen LogP contribution in [-0.4, -0.2) is 24.5 Å². The van der Waals surface area contributed by atoms with Crippen molar-refractivity contribution < 1.29 is 4.79 Å². The average molecular weight is 242 g/mol. The summed E-state index contributed by atoms with van der Waals surface area (Å²) in [5, 5.41) is 6.31. The minimum absolute atomic E-state index is 0.0962. The monoisotopic (exact) mass is 242 g/mol. The molecular weight excluding hydrogens is 212 g/mol. The molecule has 1 amide bonds. The highest BCUT2D eigenvalue weighted by molar-refractivity contribution is 5.81. The first-order chi connectivity index (χ1) is 7.70. The van der Waals surface area contributed by atoms with Crippen molar-refractivity contribution in [3.8, 4) is 0 Å². The van der Waals surface area contributed by atoms with Crippen molar-refractivity contribution >= 4 is 5.91 Å². The molecule has 0 fully saturated rings. The predicted molar refractivity (Wildman–Crippen MR) is 74.0 cm³/mol. The van der Waals surface area contributed by atoms with E-state index in [4.69, 9.17) is 0 Å². The molecule has 0 spiro atoms. The Hall–Kier alpha value is -0.570. The Balaban J connectivity index is 4.10. The zero-order chi connectivity index (χ0) is 13.6. The van der Waals surface area contributed by atoms with E-state index in [-0.39, 0.29) is 23.4 Å². The maximum Gasteiger partial charge on any atom is 0.237 e. The van der Waals surface area contributed by atoms with Gasteiger partial charge in [0.25, 0.3) is 0 Å². The lowest BCUT2D eigenvalue weighted by molar-refractivity contribution is -0.123.